The number of hydrogen-bond donors (Lipinski definition) is 2. The molecule has 0 bridgehead atoms. The fourth-order valence-electron chi connectivity index (χ4n) is 3.39. The second kappa shape index (κ2) is 9.71. The zero-order valence-electron chi connectivity index (χ0n) is 13.6. The highest BCUT2D eigenvalue weighted by Gasteiger charge is 2.33. The number of nitrogens with two attached hydrogens (primary N) is 1. The van der Waals surface area contributed by atoms with Crippen molar-refractivity contribution < 1.29 is 14.3 Å². The van der Waals surface area contributed by atoms with Gasteiger partial charge in [0.15, 0.2) is 0 Å². The van der Waals surface area contributed by atoms with Gasteiger partial charge in [-0.25, -0.2) is 0 Å². The number of amides is 1. The summed E-state index contributed by atoms with van der Waals surface area (Å²) < 4.78 is 11.0. The average Bonchev–Trinajstić information content (AvgIpc) is 2.99. The molecule has 2 atom stereocenters. The van der Waals surface area contributed by atoms with Crippen molar-refractivity contribution in [2.24, 2.45) is 11.1 Å². The van der Waals surface area contributed by atoms with E-state index in [4.69, 9.17) is 15.2 Å². The van der Waals surface area contributed by atoms with Crippen LogP contribution in [0.5, 0.6) is 0 Å². The van der Waals surface area contributed by atoms with Crippen LogP contribution >= 0.6 is 12.4 Å². The van der Waals surface area contributed by atoms with E-state index < -0.39 is 0 Å². The lowest BCUT2D eigenvalue weighted by atomic mass is 9.71. The quantitative estimate of drug-likeness (QED) is 0.747. The number of hydrogen-bond acceptors (Lipinski definition) is 4. The SMILES string of the molecule is CC(COC1CCOC1)NC(=O)CC1(CN)CCCCC1.Cl. The monoisotopic (exact) mass is 334 g/mol. The predicted octanol–water partition coefficient (Wildman–Crippen LogP) is 2.02. The van der Waals surface area contributed by atoms with Crippen LogP contribution < -0.4 is 11.1 Å². The lowest BCUT2D eigenvalue weighted by molar-refractivity contribution is -0.125. The number of halogens is 1. The Morgan fingerprint density at radius 2 is 2.14 bits per heavy atom. The summed E-state index contributed by atoms with van der Waals surface area (Å²) in [6.45, 7) is 4.62. The smallest absolute Gasteiger partial charge is 0.220 e. The van der Waals surface area contributed by atoms with E-state index in [0.717, 1.165) is 25.9 Å². The average molecular weight is 335 g/mol. The first-order chi connectivity index (χ1) is 10.1. The van der Waals surface area contributed by atoms with Crippen LogP contribution in [0.4, 0.5) is 0 Å². The van der Waals surface area contributed by atoms with Gasteiger partial charge in [-0.2, -0.15) is 0 Å². The number of nitrogens with one attached hydrogen (secondary N) is 1. The first-order valence-corrected chi connectivity index (χ1v) is 8.32. The molecule has 1 aliphatic carbocycles. The van der Waals surface area contributed by atoms with Crippen molar-refractivity contribution in [3.63, 3.8) is 0 Å². The molecule has 5 nitrogen and oxygen atoms in total. The summed E-state index contributed by atoms with van der Waals surface area (Å²) in [6.07, 6.45) is 7.55. The van der Waals surface area contributed by atoms with Gasteiger partial charge >= 0.3 is 0 Å². The van der Waals surface area contributed by atoms with Gasteiger partial charge in [0.2, 0.25) is 5.91 Å². The topological polar surface area (TPSA) is 73.6 Å². The molecular formula is C16H31ClN2O3. The van der Waals surface area contributed by atoms with Crippen LogP contribution in [-0.2, 0) is 14.3 Å². The summed E-state index contributed by atoms with van der Waals surface area (Å²) in [5, 5.41) is 3.05. The third-order valence-corrected chi connectivity index (χ3v) is 4.76. The van der Waals surface area contributed by atoms with Gasteiger partial charge in [0, 0.05) is 19.1 Å². The Hall–Kier alpha value is -0.360. The van der Waals surface area contributed by atoms with Crippen molar-refractivity contribution in [1.29, 1.82) is 0 Å². The molecule has 6 heteroatoms. The summed E-state index contributed by atoms with van der Waals surface area (Å²) >= 11 is 0. The summed E-state index contributed by atoms with van der Waals surface area (Å²) in [7, 11) is 0. The van der Waals surface area contributed by atoms with E-state index in [-0.39, 0.29) is 35.9 Å². The molecular weight excluding hydrogens is 304 g/mol. The number of ether oxygens (including phenoxy) is 2. The highest BCUT2D eigenvalue weighted by Crippen LogP contribution is 2.38. The lowest BCUT2D eigenvalue weighted by Gasteiger charge is -2.36. The number of rotatable bonds is 7. The standard InChI is InChI=1S/C16H30N2O3.ClH/c1-13(10-21-14-5-8-20-11-14)18-15(19)9-16(12-17)6-3-2-4-7-16;/h13-14H,2-12,17H2,1H3,(H,18,19);1H. The van der Waals surface area contributed by atoms with E-state index in [2.05, 4.69) is 5.32 Å². The summed E-state index contributed by atoms with van der Waals surface area (Å²) in [5.74, 6) is 0.112. The maximum Gasteiger partial charge on any atom is 0.220 e. The molecule has 0 aromatic carbocycles. The first-order valence-electron chi connectivity index (χ1n) is 8.32. The van der Waals surface area contributed by atoms with Crippen LogP contribution in [0, 0.1) is 5.41 Å². The third kappa shape index (κ3) is 6.03. The molecule has 1 saturated heterocycles. The van der Waals surface area contributed by atoms with Crippen LogP contribution in [0.2, 0.25) is 0 Å². The molecule has 1 heterocycles. The largest absolute Gasteiger partial charge is 0.379 e. The van der Waals surface area contributed by atoms with Crippen molar-refractivity contribution in [2.45, 2.75) is 64.0 Å². The van der Waals surface area contributed by atoms with Crippen molar-refractivity contribution >= 4 is 18.3 Å². The normalized spacial score (nSPS) is 25.3. The van der Waals surface area contributed by atoms with Crippen molar-refractivity contribution in [2.75, 3.05) is 26.4 Å². The molecule has 3 N–H and O–H groups in total. The van der Waals surface area contributed by atoms with Crippen molar-refractivity contribution in [1.82, 2.24) is 5.32 Å². The Morgan fingerprint density at radius 3 is 2.73 bits per heavy atom. The highest BCUT2D eigenvalue weighted by atomic mass is 35.5. The molecule has 1 saturated carbocycles. The molecule has 0 radical (unpaired) electrons. The third-order valence-electron chi connectivity index (χ3n) is 4.76. The Labute approximate surface area is 140 Å². The van der Waals surface area contributed by atoms with E-state index in [0.29, 0.717) is 26.2 Å². The Bertz CT molecular complexity index is 329. The molecule has 22 heavy (non-hydrogen) atoms. The second-order valence-corrected chi connectivity index (χ2v) is 6.73. The van der Waals surface area contributed by atoms with E-state index >= 15 is 0 Å². The molecule has 0 spiro atoms. The molecule has 0 aromatic heterocycles. The summed E-state index contributed by atoms with van der Waals surface area (Å²) in [5.41, 5.74) is 5.97. The summed E-state index contributed by atoms with van der Waals surface area (Å²) in [6, 6.07) is 0.0384. The molecule has 1 amide bonds. The van der Waals surface area contributed by atoms with Gasteiger partial charge in [0.1, 0.15) is 0 Å². The molecule has 130 valence electrons. The van der Waals surface area contributed by atoms with Crippen LogP contribution in [-0.4, -0.2) is 44.4 Å². The van der Waals surface area contributed by atoms with Crippen molar-refractivity contribution in [3.8, 4) is 0 Å². The molecule has 2 rings (SSSR count). The van der Waals surface area contributed by atoms with E-state index in [9.17, 15) is 4.79 Å². The minimum Gasteiger partial charge on any atom is -0.379 e. The van der Waals surface area contributed by atoms with Gasteiger partial charge < -0.3 is 20.5 Å². The fourth-order valence-corrected chi connectivity index (χ4v) is 3.39. The van der Waals surface area contributed by atoms with Gasteiger partial charge in [-0.05, 0) is 38.1 Å². The summed E-state index contributed by atoms with van der Waals surface area (Å²) in [4.78, 5) is 12.2. The Balaban J connectivity index is 0.00000242. The fraction of sp³-hybridized carbons (Fsp3) is 0.938. The van der Waals surface area contributed by atoms with E-state index in [1.54, 1.807) is 0 Å². The maximum absolute atomic E-state index is 12.2. The van der Waals surface area contributed by atoms with Gasteiger partial charge in [0.25, 0.3) is 0 Å². The second-order valence-electron chi connectivity index (χ2n) is 6.73. The van der Waals surface area contributed by atoms with Gasteiger partial charge in [0.05, 0.1) is 19.3 Å². The number of carbonyl (C=O) groups excluding carboxylic acids is 1. The Kier molecular flexibility index (Phi) is 8.69. The zero-order chi connectivity index (χ0) is 15.1. The van der Waals surface area contributed by atoms with Crippen LogP contribution in [0.1, 0.15) is 51.9 Å². The number of carbonyl (C=O) groups is 1. The van der Waals surface area contributed by atoms with Gasteiger partial charge in [-0.1, -0.05) is 19.3 Å². The first kappa shape index (κ1) is 19.7. The predicted molar refractivity (Wildman–Crippen MR) is 89.2 cm³/mol. The minimum atomic E-state index is 0. The molecule has 2 unspecified atom stereocenters. The molecule has 1 aliphatic heterocycles. The van der Waals surface area contributed by atoms with E-state index in [1.165, 1.54) is 19.3 Å². The van der Waals surface area contributed by atoms with Gasteiger partial charge in [-0.3, -0.25) is 4.79 Å². The minimum absolute atomic E-state index is 0. The highest BCUT2D eigenvalue weighted by molar-refractivity contribution is 5.85. The molecule has 0 aromatic rings. The molecule has 2 fully saturated rings. The lowest BCUT2D eigenvalue weighted by Crippen LogP contribution is -2.42. The Morgan fingerprint density at radius 1 is 1.41 bits per heavy atom. The zero-order valence-corrected chi connectivity index (χ0v) is 14.5. The van der Waals surface area contributed by atoms with Crippen molar-refractivity contribution in [3.05, 3.63) is 0 Å². The van der Waals surface area contributed by atoms with Gasteiger partial charge in [-0.15, -0.1) is 12.4 Å². The van der Waals surface area contributed by atoms with Crippen LogP contribution in [0.3, 0.4) is 0 Å². The molecule has 2 aliphatic rings. The van der Waals surface area contributed by atoms with Crippen LogP contribution in [0.15, 0.2) is 0 Å². The van der Waals surface area contributed by atoms with E-state index in [1.807, 2.05) is 6.92 Å². The van der Waals surface area contributed by atoms with Crippen LogP contribution in [0.25, 0.3) is 0 Å². The maximum atomic E-state index is 12.2.